The lowest BCUT2D eigenvalue weighted by atomic mass is 9.78. The first-order valence-corrected chi connectivity index (χ1v) is 8.42. The maximum atomic E-state index is 13.1. The second-order valence-corrected chi connectivity index (χ2v) is 6.63. The van der Waals surface area contributed by atoms with Gasteiger partial charge in [0.25, 0.3) is 5.91 Å². The fraction of sp³-hybridized carbons (Fsp3) is 0.611. The fourth-order valence-corrected chi connectivity index (χ4v) is 3.84. The molecule has 1 spiro atoms. The van der Waals surface area contributed by atoms with Crippen LogP contribution in [0.15, 0.2) is 12.1 Å². The minimum atomic E-state index is 0. The SMILES string of the molecule is COc1cc(OC)c(C(=O)N2CCC3(CCNCC3)C2)cc1OC.Cl. The molecule has 7 heteroatoms. The topological polar surface area (TPSA) is 60.0 Å². The molecule has 0 atom stereocenters. The highest BCUT2D eigenvalue weighted by Crippen LogP contribution is 2.41. The summed E-state index contributed by atoms with van der Waals surface area (Å²) in [6, 6.07) is 3.43. The number of methoxy groups -OCH3 is 3. The summed E-state index contributed by atoms with van der Waals surface area (Å²) < 4.78 is 16.0. The van der Waals surface area contributed by atoms with Gasteiger partial charge in [-0.2, -0.15) is 0 Å². The van der Waals surface area contributed by atoms with Gasteiger partial charge >= 0.3 is 0 Å². The number of amides is 1. The smallest absolute Gasteiger partial charge is 0.257 e. The van der Waals surface area contributed by atoms with Gasteiger partial charge in [0, 0.05) is 25.2 Å². The number of carbonyl (C=O) groups excluding carboxylic acids is 1. The second-order valence-electron chi connectivity index (χ2n) is 6.63. The zero-order valence-electron chi connectivity index (χ0n) is 15.1. The van der Waals surface area contributed by atoms with Crippen LogP contribution in [0.4, 0.5) is 0 Å². The van der Waals surface area contributed by atoms with Crippen molar-refractivity contribution in [3.63, 3.8) is 0 Å². The number of halogens is 1. The Kier molecular flexibility index (Phi) is 6.41. The third-order valence-corrected chi connectivity index (χ3v) is 5.33. The summed E-state index contributed by atoms with van der Waals surface area (Å²) in [6.45, 7) is 3.71. The van der Waals surface area contributed by atoms with Gasteiger partial charge in [0.2, 0.25) is 0 Å². The Balaban J connectivity index is 0.00000225. The molecule has 0 aliphatic carbocycles. The number of nitrogens with one attached hydrogen (secondary N) is 1. The van der Waals surface area contributed by atoms with Crippen molar-refractivity contribution < 1.29 is 19.0 Å². The molecule has 0 aromatic heterocycles. The lowest BCUT2D eigenvalue weighted by Gasteiger charge is -2.33. The molecule has 0 bridgehead atoms. The van der Waals surface area contributed by atoms with E-state index in [0.717, 1.165) is 45.4 Å². The van der Waals surface area contributed by atoms with Crippen LogP contribution in [-0.2, 0) is 0 Å². The first kappa shape index (κ1) is 19.7. The van der Waals surface area contributed by atoms with Crippen molar-refractivity contribution in [1.82, 2.24) is 10.2 Å². The monoisotopic (exact) mass is 370 g/mol. The minimum absolute atomic E-state index is 0. The van der Waals surface area contributed by atoms with Gasteiger partial charge in [-0.05, 0) is 37.8 Å². The van der Waals surface area contributed by atoms with E-state index >= 15 is 0 Å². The predicted molar refractivity (Wildman–Crippen MR) is 98.4 cm³/mol. The van der Waals surface area contributed by atoms with Crippen molar-refractivity contribution in [3.05, 3.63) is 17.7 Å². The normalized spacial score (nSPS) is 18.6. The van der Waals surface area contributed by atoms with Crippen LogP contribution in [-0.4, -0.2) is 58.3 Å². The largest absolute Gasteiger partial charge is 0.496 e. The number of hydrogen-bond acceptors (Lipinski definition) is 5. The summed E-state index contributed by atoms with van der Waals surface area (Å²) >= 11 is 0. The molecule has 2 heterocycles. The van der Waals surface area contributed by atoms with Crippen molar-refractivity contribution in [2.24, 2.45) is 5.41 Å². The molecule has 25 heavy (non-hydrogen) atoms. The van der Waals surface area contributed by atoms with Crippen LogP contribution >= 0.6 is 12.4 Å². The lowest BCUT2D eigenvalue weighted by molar-refractivity contribution is 0.0758. The molecular formula is C18H27ClN2O4. The van der Waals surface area contributed by atoms with E-state index in [9.17, 15) is 4.79 Å². The Morgan fingerprint density at radius 2 is 1.60 bits per heavy atom. The number of piperidine rings is 1. The highest BCUT2D eigenvalue weighted by molar-refractivity contribution is 5.98. The van der Waals surface area contributed by atoms with Crippen LogP contribution in [0.2, 0.25) is 0 Å². The van der Waals surface area contributed by atoms with E-state index < -0.39 is 0 Å². The van der Waals surface area contributed by atoms with Crippen LogP contribution in [0.1, 0.15) is 29.6 Å². The molecule has 1 aromatic rings. The van der Waals surface area contributed by atoms with Crippen LogP contribution in [0.3, 0.4) is 0 Å². The predicted octanol–water partition coefficient (Wildman–Crippen LogP) is 2.35. The molecule has 6 nitrogen and oxygen atoms in total. The van der Waals surface area contributed by atoms with Crippen molar-refractivity contribution in [2.75, 3.05) is 47.5 Å². The first-order valence-electron chi connectivity index (χ1n) is 8.42. The maximum absolute atomic E-state index is 13.1. The summed E-state index contributed by atoms with van der Waals surface area (Å²) in [5.74, 6) is 1.62. The van der Waals surface area contributed by atoms with Crippen molar-refractivity contribution >= 4 is 18.3 Å². The van der Waals surface area contributed by atoms with Gasteiger partial charge in [0.05, 0.1) is 26.9 Å². The van der Waals surface area contributed by atoms with E-state index in [4.69, 9.17) is 14.2 Å². The molecule has 3 rings (SSSR count). The van der Waals surface area contributed by atoms with Crippen LogP contribution in [0.25, 0.3) is 0 Å². The summed E-state index contributed by atoms with van der Waals surface area (Å²) in [5, 5.41) is 3.40. The van der Waals surface area contributed by atoms with E-state index in [-0.39, 0.29) is 23.7 Å². The standard InChI is InChI=1S/C18H26N2O4.ClH/c1-22-14-11-16(24-3)15(23-2)10-13(14)17(21)20-9-6-18(12-20)4-7-19-8-5-18;/h10-11,19H,4-9,12H2,1-3H3;1H. The lowest BCUT2D eigenvalue weighted by Crippen LogP contribution is -2.39. The average molecular weight is 371 g/mol. The third kappa shape index (κ3) is 3.80. The number of ether oxygens (including phenoxy) is 3. The molecule has 140 valence electrons. The highest BCUT2D eigenvalue weighted by atomic mass is 35.5. The van der Waals surface area contributed by atoms with Gasteiger partial charge in [-0.15, -0.1) is 12.4 Å². The van der Waals surface area contributed by atoms with Crippen LogP contribution in [0, 0.1) is 5.41 Å². The minimum Gasteiger partial charge on any atom is -0.496 e. The molecule has 2 fully saturated rings. The molecule has 2 aliphatic heterocycles. The molecule has 0 radical (unpaired) electrons. The number of rotatable bonds is 4. The third-order valence-electron chi connectivity index (χ3n) is 5.33. The number of carbonyl (C=O) groups is 1. The van der Waals surface area contributed by atoms with Crippen molar-refractivity contribution in [3.8, 4) is 17.2 Å². The summed E-state index contributed by atoms with van der Waals surface area (Å²) in [6.07, 6.45) is 3.36. The zero-order chi connectivity index (χ0) is 17.2. The molecule has 0 unspecified atom stereocenters. The molecule has 1 amide bonds. The molecular weight excluding hydrogens is 344 g/mol. The number of nitrogens with zero attached hydrogens (tertiary/aromatic N) is 1. The average Bonchev–Trinajstić information content (AvgIpc) is 3.03. The van der Waals surface area contributed by atoms with Gasteiger partial charge in [-0.1, -0.05) is 0 Å². The van der Waals surface area contributed by atoms with E-state index in [1.54, 1.807) is 33.5 Å². The van der Waals surface area contributed by atoms with E-state index in [1.807, 2.05) is 4.90 Å². The molecule has 1 aromatic carbocycles. The van der Waals surface area contributed by atoms with E-state index in [1.165, 1.54) is 0 Å². The number of hydrogen-bond donors (Lipinski definition) is 1. The zero-order valence-corrected chi connectivity index (χ0v) is 15.9. The summed E-state index contributed by atoms with van der Waals surface area (Å²) in [7, 11) is 4.70. The molecule has 1 N–H and O–H groups in total. The van der Waals surface area contributed by atoms with Gasteiger partial charge < -0.3 is 24.4 Å². The molecule has 0 saturated carbocycles. The summed E-state index contributed by atoms with van der Waals surface area (Å²) in [4.78, 5) is 15.0. The van der Waals surface area contributed by atoms with Crippen LogP contribution in [0.5, 0.6) is 17.2 Å². The Labute approximate surface area is 155 Å². The van der Waals surface area contributed by atoms with Gasteiger partial charge in [-0.25, -0.2) is 0 Å². The number of likely N-dealkylation sites (tertiary alicyclic amines) is 1. The number of benzene rings is 1. The van der Waals surface area contributed by atoms with Crippen molar-refractivity contribution in [1.29, 1.82) is 0 Å². The van der Waals surface area contributed by atoms with Crippen molar-refractivity contribution in [2.45, 2.75) is 19.3 Å². The van der Waals surface area contributed by atoms with E-state index in [2.05, 4.69) is 5.32 Å². The van der Waals surface area contributed by atoms with Gasteiger partial charge in [0.1, 0.15) is 5.75 Å². The Morgan fingerprint density at radius 3 is 2.20 bits per heavy atom. The van der Waals surface area contributed by atoms with E-state index in [0.29, 0.717) is 22.8 Å². The summed E-state index contributed by atoms with van der Waals surface area (Å²) in [5.41, 5.74) is 0.811. The highest BCUT2D eigenvalue weighted by Gasteiger charge is 2.41. The Bertz CT molecular complexity index is 617. The van der Waals surface area contributed by atoms with Gasteiger partial charge in [-0.3, -0.25) is 4.79 Å². The van der Waals surface area contributed by atoms with Gasteiger partial charge in [0.15, 0.2) is 11.5 Å². The fourth-order valence-electron chi connectivity index (χ4n) is 3.84. The maximum Gasteiger partial charge on any atom is 0.257 e. The second kappa shape index (κ2) is 8.15. The first-order chi connectivity index (χ1) is 11.6. The molecule has 2 aliphatic rings. The Morgan fingerprint density at radius 1 is 1.00 bits per heavy atom. The quantitative estimate of drug-likeness (QED) is 0.881. The van der Waals surface area contributed by atoms with Crippen LogP contribution < -0.4 is 19.5 Å². The Hall–Kier alpha value is -1.66. The molecule has 2 saturated heterocycles.